The van der Waals surface area contributed by atoms with Gasteiger partial charge in [0.1, 0.15) is 0 Å². The summed E-state index contributed by atoms with van der Waals surface area (Å²) in [5.74, 6) is 0.373. The van der Waals surface area contributed by atoms with Gasteiger partial charge in [0.2, 0.25) is 0 Å². The Morgan fingerprint density at radius 3 is 2.47 bits per heavy atom. The van der Waals surface area contributed by atoms with Gasteiger partial charge in [-0.3, -0.25) is 0 Å². The van der Waals surface area contributed by atoms with Gasteiger partial charge < -0.3 is 15.5 Å². The molecular weight excluding hydrogens is 190 g/mol. The van der Waals surface area contributed by atoms with Gasteiger partial charge in [-0.1, -0.05) is 19.3 Å². The van der Waals surface area contributed by atoms with Crippen LogP contribution in [-0.2, 0) is 0 Å². The summed E-state index contributed by atoms with van der Waals surface area (Å²) in [6.45, 7) is 2.44. The highest BCUT2D eigenvalue weighted by atomic mass is 16.3. The average molecular weight is 215 g/mol. The van der Waals surface area contributed by atoms with E-state index < -0.39 is 11.7 Å². The van der Waals surface area contributed by atoms with Crippen LogP contribution in [0.1, 0.15) is 45.4 Å². The lowest BCUT2D eigenvalue weighted by Gasteiger charge is -2.37. The number of aliphatic hydroxyl groups excluding tert-OH is 1. The van der Waals surface area contributed by atoms with E-state index in [9.17, 15) is 10.2 Å². The van der Waals surface area contributed by atoms with E-state index in [0.29, 0.717) is 18.9 Å². The zero-order valence-electron chi connectivity index (χ0n) is 10.00. The van der Waals surface area contributed by atoms with E-state index in [4.69, 9.17) is 0 Å². The maximum atomic E-state index is 10.3. The Bertz CT molecular complexity index is 176. The summed E-state index contributed by atoms with van der Waals surface area (Å²) in [6.07, 6.45) is 6.01. The molecule has 0 radical (unpaired) electrons. The van der Waals surface area contributed by atoms with Crippen molar-refractivity contribution in [1.82, 2.24) is 5.32 Å². The van der Waals surface area contributed by atoms with Crippen LogP contribution in [0.3, 0.4) is 0 Å². The van der Waals surface area contributed by atoms with Gasteiger partial charge >= 0.3 is 0 Å². The Balaban J connectivity index is 2.41. The summed E-state index contributed by atoms with van der Waals surface area (Å²) >= 11 is 0. The monoisotopic (exact) mass is 215 g/mol. The van der Waals surface area contributed by atoms with Gasteiger partial charge in [-0.2, -0.15) is 0 Å². The number of hydrogen-bond donors (Lipinski definition) is 3. The molecule has 3 heteroatoms. The van der Waals surface area contributed by atoms with Gasteiger partial charge in [0, 0.05) is 13.0 Å². The Hall–Kier alpha value is -0.120. The molecule has 0 bridgehead atoms. The molecule has 0 aromatic heterocycles. The van der Waals surface area contributed by atoms with Gasteiger partial charge in [0.05, 0.1) is 11.7 Å². The van der Waals surface area contributed by atoms with Crippen LogP contribution in [0.15, 0.2) is 0 Å². The first-order valence-electron chi connectivity index (χ1n) is 6.11. The van der Waals surface area contributed by atoms with Crippen molar-refractivity contribution in [3.8, 4) is 0 Å². The van der Waals surface area contributed by atoms with Crippen molar-refractivity contribution >= 4 is 0 Å². The Morgan fingerprint density at radius 1 is 1.33 bits per heavy atom. The lowest BCUT2D eigenvalue weighted by molar-refractivity contribution is -0.0520. The fraction of sp³-hybridized carbons (Fsp3) is 1.00. The largest absolute Gasteiger partial charge is 0.392 e. The summed E-state index contributed by atoms with van der Waals surface area (Å²) in [6, 6.07) is 0. The van der Waals surface area contributed by atoms with Gasteiger partial charge in [0.15, 0.2) is 0 Å². The number of rotatable bonds is 5. The van der Waals surface area contributed by atoms with Crippen molar-refractivity contribution in [2.24, 2.45) is 5.92 Å². The molecule has 3 nitrogen and oxygen atoms in total. The van der Waals surface area contributed by atoms with Crippen molar-refractivity contribution in [3.05, 3.63) is 0 Å². The highest BCUT2D eigenvalue weighted by Crippen LogP contribution is 2.35. The molecule has 1 saturated carbocycles. The molecule has 90 valence electrons. The molecule has 0 saturated heterocycles. The maximum absolute atomic E-state index is 10.3. The third kappa shape index (κ3) is 4.09. The third-order valence-corrected chi connectivity index (χ3v) is 3.57. The summed E-state index contributed by atoms with van der Waals surface area (Å²) in [5, 5.41) is 23.0. The van der Waals surface area contributed by atoms with Crippen molar-refractivity contribution in [1.29, 1.82) is 0 Å². The molecule has 1 aliphatic carbocycles. The molecule has 1 rings (SSSR count). The zero-order valence-corrected chi connectivity index (χ0v) is 10.00. The SMILES string of the molecule is CNC[C@@H](O)C[C@](C)(O)C1CCCCC1. The summed E-state index contributed by atoms with van der Waals surface area (Å²) < 4.78 is 0. The van der Waals surface area contributed by atoms with Crippen LogP contribution < -0.4 is 5.32 Å². The second-order valence-corrected chi connectivity index (χ2v) is 5.11. The van der Waals surface area contributed by atoms with E-state index in [1.165, 1.54) is 19.3 Å². The van der Waals surface area contributed by atoms with E-state index in [0.717, 1.165) is 12.8 Å². The van der Waals surface area contributed by atoms with Crippen LogP contribution in [0.5, 0.6) is 0 Å². The highest BCUT2D eigenvalue weighted by Gasteiger charge is 2.34. The van der Waals surface area contributed by atoms with E-state index >= 15 is 0 Å². The lowest BCUT2D eigenvalue weighted by atomic mass is 9.75. The topological polar surface area (TPSA) is 52.5 Å². The molecule has 0 spiro atoms. The maximum Gasteiger partial charge on any atom is 0.0691 e. The van der Waals surface area contributed by atoms with E-state index in [1.807, 2.05) is 14.0 Å². The Morgan fingerprint density at radius 2 is 1.93 bits per heavy atom. The van der Waals surface area contributed by atoms with Crippen molar-refractivity contribution in [3.63, 3.8) is 0 Å². The van der Waals surface area contributed by atoms with E-state index in [2.05, 4.69) is 5.32 Å². The second kappa shape index (κ2) is 5.83. The second-order valence-electron chi connectivity index (χ2n) is 5.11. The minimum absolute atomic E-state index is 0.373. The molecule has 0 amide bonds. The molecule has 0 unspecified atom stereocenters. The van der Waals surface area contributed by atoms with Crippen LogP contribution in [-0.4, -0.2) is 35.5 Å². The van der Waals surface area contributed by atoms with Crippen LogP contribution in [0.25, 0.3) is 0 Å². The molecule has 0 aromatic carbocycles. The fourth-order valence-corrected chi connectivity index (χ4v) is 2.68. The molecular formula is C12H25NO2. The Kier molecular flexibility index (Phi) is 5.03. The fourth-order valence-electron chi connectivity index (χ4n) is 2.68. The van der Waals surface area contributed by atoms with Gasteiger partial charge in [-0.15, -0.1) is 0 Å². The van der Waals surface area contributed by atoms with Crippen LogP contribution in [0.2, 0.25) is 0 Å². The van der Waals surface area contributed by atoms with E-state index in [1.54, 1.807) is 0 Å². The number of likely N-dealkylation sites (N-methyl/N-ethyl adjacent to an activating group) is 1. The summed E-state index contributed by atoms with van der Waals surface area (Å²) in [5.41, 5.74) is -0.698. The molecule has 0 heterocycles. The minimum Gasteiger partial charge on any atom is -0.392 e. The van der Waals surface area contributed by atoms with Gasteiger partial charge in [-0.05, 0) is 32.7 Å². The van der Waals surface area contributed by atoms with Gasteiger partial charge in [-0.25, -0.2) is 0 Å². The molecule has 0 aliphatic heterocycles. The first-order valence-corrected chi connectivity index (χ1v) is 6.11. The average Bonchev–Trinajstić information content (AvgIpc) is 2.18. The van der Waals surface area contributed by atoms with E-state index in [-0.39, 0.29) is 0 Å². The lowest BCUT2D eigenvalue weighted by Crippen LogP contribution is -2.41. The molecule has 0 aromatic rings. The van der Waals surface area contributed by atoms with Crippen molar-refractivity contribution < 1.29 is 10.2 Å². The first-order chi connectivity index (χ1) is 7.06. The third-order valence-electron chi connectivity index (χ3n) is 3.57. The molecule has 2 atom stereocenters. The van der Waals surface area contributed by atoms with Crippen molar-refractivity contribution in [2.45, 2.75) is 57.2 Å². The number of hydrogen-bond acceptors (Lipinski definition) is 3. The molecule has 3 N–H and O–H groups in total. The number of nitrogens with one attached hydrogen (secondary N) is 1. The predicted molar refractivity (Wildman–Crippen MR) is 61.7 cm³/mol. The zero-order chi connectivity index (χ0) is 11.3. The van der Waals surface area contributed by atoms with Crippen LogP contribution in [0, 0.1) is 5.92 Å². The van der Waals surface area contributed by atoms with Crippen LogP contribution in [0.4, 0.5) is 0 Å². The number of aliphatic hydroxyl groups is 2. The molecule has 1 fully saturated rings. The summed E-state index contributed by atoms with van der Waals surface area (Å²) in [4.78, 5) is 0. The Labute approximate surface area is 92.9 Å². The highest BCUT2D eigenvalue weighted by molar-refractivity contribution is 4.86. The van der Waals surface area contributed by atoms with Crippen molar-refractivity contribution in [2.75, 3.05) is 13.6 Å². The van der Waals surface area contributed by atoms with Gasteiger partial charge in [0.25, 0.3) is 0 Å². The minimum atomic E-state index is -0.698. The molecule has 15 heavy (non-hydrogen) atoms. The first kappa shape index (κ1) is 12.9. The molecule has 1 aliphatic rings. The predicted octanol–water partition coefficient (Wildman–Crippen LogP) is 1.29. The van der Waals surface area contributed by atoms with Crippen LogP contribution >= 0.6 is 0 Å². The normalized spacial score (nSPS) is 24.8. The summed E-state index contributed by atoms with van der Waals surface area (Å²) in [7, 11) is 1.82. The smallest absolute Gasteiger partial charge is 0.0691 e. The quantitative estimate of drug-likeness (QED) is 0.648. The standard InChI is InChI=1S/C12H25NO2/c1-12(15,8-11(14)9-13-2)10-6-4-3-5-7-10/h10-11,13-15H,3-9H2,1-2H3/t11-,12-/m0/s1.